The summed E-state index contributed by atoms with van der Waals surface area (Å²) in [6.07, 6.45) is 0.669. The normalized spacial score (nSPS) is 13.1. The Balaban J connectivity index is 2.73. The zero-order valence-corrected chi connectivity index (χ0v) is 14.5. The molecule has 0 radical (unpaired) electrons. The summed E-state index contributed by atoms with van der Waals surface area (Å²) in [5, 5.41) is 21.1. The van der Waals surface area contributed by atoms with Crippen LogP contribution in [-0.2, 0) is 4.79 Å². The molecule has 126 valence electrons. The van der Waals surface area contributed by atoms with Crippen LogP contribution in [-0.4, -0.2) is 29.3 Å². The number of hydrogen-bond acceptors (Lipinski definition) is 4. The predicted molar refractivity (Wildman–Crippen MR) is 89.0 cm³/mol. The number of carbonyl (C=O) groups is 1. The van der Waals surface area contributed by atoms with Crippen molar-refractivity contribution < 1.29 is 14.6 Å². The van der Waals surface area contributed by atoms with Crippen molar-refractivity contribution in [2.45, 2.75) is 52.7 Å². The summed E-state index contributed by atoms with van der Waals surface area (Å²) in [4.78, 5) is 12.4. The highest BCUT2D eigenvalue weighted by Gasteiger charge is 2.32. The molecule has 0 fully saturated rings. The third-order valence-corrected chi connectivity index (χ3v) is 3.32. The zero-order valence-electron chi connectivity index (χ0n) is 14.5. The molecule has 0 spiro atoms. The number of aliphatic hydroxyl groups excluding tert-OH is 1. The van der Waals surface area contributed by atoms with E-state index in [2.05, 4.69) is 26.1 Å². The number of nitriles is 1. The van der Waals surface area contributed by atoms with E-state index >= 15 is 0 Å². The van der Waals surface area contributed by atoms with Crippen LogP contribution in [0.2, 0.25) is 0 Å². The summed E-state index contributed by atoms with van der Waals surface area (Å²) >= 11 is 0. The maximum Gasteiger partial charge on any atom is 0.263 e. The average molecular weight is 318 g/mol. The van der Waals surface area contributed by atoms with Crippen molar-refractivity contribution in [3.8, 4) is 11.8 Å². The molecule has 0 saturated heterocycles. The minimum atomic E-state index is -1.08. The lowest BCUT2D eigenvalue weighted by atomic mass is 9.88. The molecule has 1 amide bonds. The largest absolute Gasteiger partial charge is 0.478 e. The van der Waals surface area contributed by atoms with Gasteiger partial charge in [0.15, 0.2) is 5.60 Å². The molecule has 1 aromatic carbocycles. The first-order valence-corrected chi connectivity index (χ1v) is 7.68. The van der Waals surface area contributed by atoms with Crippen LogP contribution in [0.25, 0.3) is 0 Å². The lowest BCUT2D eigenvalue weighted by molar-refractivity contribution is -0.135. The summed E-state index contributed by atoms with van der Waals surface area (Å²) in [5.41, 5.74) is -0.553. The maximum atomic E-state index is 12.4. The molecule has 5 heteroatoms. The topological polar surface area (TPSA) is 82.3 Å². The van der Waals surface area contributed by atoms with Crippen LogP contribution in [0.4, 0.5) is 0 Å². The number of amides is 1. The molecule has 0 aliphatic carbocycles. The second-order valence-corrected chi connectivity index (χ2v) is 7.37. The zero-order chi connectivity index (χ0) is 17.7. The molecule has 1 atom stereocenters. The standard InChI is InChI=1S/C18H26N2O3/c1-17(2,3)10-14(12-21)20-16(22)18(4,5)23-15-8-6-13(11-19)7-9-15/h6-9,14,21H,10,12H2,1-5H3,(H,20,22). The van der Waals surface area contributed by atoms with Crippen molar-refractivity contribution in [1.82, 2.24) is 5.32 Å². The van der Waals surface area contributed by atoms with Crippen molar-refractivity contribution in [2.24, 2.45) is 5.41 Å². The van der Waals surface area contributed by atoms with E-state index in [1.54, 1.807) is 38.1 Å². The third kappa shape index (κ3) is 6.29. The second-order valence-electron chi connectivity index (χ2n) is 7.37. The third-order valence-electron chi connectivity index (χ3n) is 3.32. The summed E-state index contributed by atoms with van der Waals surface area (Å²) in [6, 6.07) is 8.31. The molecule has 0 aliphatic heterocycles. The number of nitrogens with zero attached hydrogens (tertiary/aromatic N) is 1. The summed E-state index contributed by atoms with van der Waals surface area (Å²) in [7, 11) is 0. The summed E-state index contributed by atoms with van der Waals surface area (Å²) in [5.74, 6) is 0.227. The Morgan fingerprint density at radius 3 is 2.26 bits per heavy atom. The van der Waals surface area contributed by atoms with Gasteiger partial charge in [0.1, 0.15) is 5.75 Å². The molecule has 0 bridgehead atoms. The summed E-state index contributed by atoms with van der Waals surface area (Å²) in [6.45, 7) is 9.40. The first kappa shape index (κ1) is 19.0. The van der Waals surface area contributed by atoms with Crippen molar-refractivity contribution in [1.29, 1.82) is 5.26 Å². The molecule has 0 saturated carbocycles. The number of hydrogen-bond donors (Lipinski definition) is 2. The van der Waals surface area contributed by atoms with Crippen LogP contribution in [0.3, 0.4) is 0 Å². The van der Waals surface area contributed by atoms with E-state index in [4.69, 9.17) is 10.00 Å². The Bertz CT molecular complexity index is 565. The molecular formula is C18H26N2O3. The highest BCUT2D eigenvalue weighted by molar-refractivity contribution is 5.85. The van der Waals surface area contributed by atoms with E-state index < -0.39 is 5.60 Å². The Hall–Kier alpha value is -2.06. The van der Waals surface area contributed by atoms with Gasteiger partial charge in [-0.3, -0.25) is 4.79 Å². The van der Waals surface area contributed by atoms with Crippen molar-refractivity contribution in [3.05, 3.63) is 29.8 Å². The van der Waals surface area contributed by atoms with Crippen LogP contribution < -0.4 is 10.1 Å². The molecule has 1 rings (SSSR count). The van der Waals surface area contributed by atoms with Gasteiger partial charge in [-0.25, -0.2) is 0 Å². The minimum absolute atomic E-state index is 0.00119. The van der Waals surface area contributed by atoms with Crippen LogP contribution in [0.15, 0.2) is 24.3 Å². The molecule has 0 heterocycles. The van der Waals surface area contributed by atoms with Crippen LogP contribution in [0, 0.1) is 16.7 Å². The van der Waals surface area contributed by atoms with E-state index in [9.17, 15) is 9.90 Å². The van der Waals surface area contributed by atoms with Crippen molar-refractivity contribution >= 4 is 5.91 Å². The maximum absolute atomic E-state index is 12.4. The molecule has 1 unspecified atom stereocenters. The lowest BCUT2D eigenvalue weighted by Gasteiger charge is -2.30. The van der Waals surface area contributed by atoms with E-state index in [1.807, 2.05) is 6.07 Å². The smallest absolute Gasteiger partial charge is 0.263 e. The predicted octanol–water partition coefficient (Wildman–Crippen LogP) is 2.63. The number of nitrogens with one attached hydrogen (secondary N) is 1. The van der Waals surface area contributed by atoms with Crippen LogP contribution >= 0.6 is 0 Å². The first-order valence-electron chi connectivity index (χ1n) is 7.68. The van der Waals surface area contributed by atoms with Crippen LogP contribution in [0.1, 0.15) is 46.6 Å². The van der Waals surface area contributed by atoms with E-state index in [0.717, 1.165) is 0 Å². The van der Waals surface area contributed by atoms with Gasteiger partial charge in [0.2, 0.25) is 0 Å². The molecule has 23 heavy (non-hydrogen) atoms. The van der Waals surface area contributed by atoms with Gasteiger partial charge >= 0.3 is 0 Å². The lowest BCUT2D eigenvalue weighted by Crippen LogP contribution is -2.51. The van der Waals surface area contributed by atoms with Gasteiger partial charge in [-0.1, -0.05) is 20.8 Å². The Morgan fingerprint density at radius 1 is 1.26 bits per heavy atom. The minimum Gasteiger partial charge on any atom is -0.478 e. The van der Waals surface area contributed by atoms with Gasteiger partial charge in [-0.15, -0.1) is 0 Å². The second kappa shape index (κ2) is 7.47. The SMILES string of the molecule is CC(C)(C)CC(CO)NC(=O)C(C)(C)Oc1ccc(C#N)cc1. The molecule has 2 N–H and O–H groups in total. The number of carbonyl (C=O) groups excluding carboxylic acids is 1. The quantitative estimate of drug-likeness (QED) is 0.844. The van der Waals surface area contributed by atoms with Crippen molar-refractivity contribution in [3.63, 3.8) is 0 Å². The fourth-order valence-corrected chi connectivity index (χ4v) is 2.20. The van der Waals surface area contributed by atoms with E-state index in [-0.39, 0.29) is 24.0 Å². The van der Waals surface area contributed by atoms with E-state index in [0.29, 0.717) is 17.7 Å². The number of rotatable bonds is 6. The number of ether oxygens (including phenoxy) is 1. The Kier molecular flexibility index (Phi) is 6.17. The van der Waals surface area contributed by atoms with Gasteiger partial charge in [0, 0.05) is 0 Å². The highest BCUT2D eigenvalue weighted by Crippen LogP contribution is 2.22. The van der Waals surface area contributed by atoms with Gasteiger partial charge in [0.05, 0.1) is 24.3 Å². The number of benzene rings is 1. The fraction of sp³-hybridized carbons (Fsp3) is 0.556. The molecule has 5 nitrogen and oxygen atoms in total. The molecule has 0 aliphatic rings. The fourth-order valence-electron chi connectivity index (χ4n) is 2.20. The van der Waals surface area contributed by atoms with Gasteiger partial charge in [0.25, 0.3) is 5.91 Å². The monoisotopic (exact) mass is 318 g/mol. The Morgan fingerprint density at radius 2 is 1.83 bits per heavy atom. The highest BCUT2D eigenvalue weighted by atomic mass is 16.5. The van der Waals surface area contributed by atoms with Crippen molar-refractivity contribution in [2.75, 3.05) is 6.61 Å². The molecular weight excluding hydrogens is 292 g/mol. The average Bonchev–Trinajstić information content (AvgIpc) is 2.45. The molecule has 0 aromatic heterocycles. The van der Waals surface area contributed by atoms with Gasteiger partial charge in [-0.2, -0.15) is 5.26 Å². The van der Waals surface area contributed by atoms with E-state index in [1.165, 1.54) is 0 Å². The Labute approximate surface area is 138 Å². The first-order chi connectivity index (χ1) is 10.6. The molecule has 1 aromatic rings. The van der Waals surface area contributed by atoms with Gasteiger partial charge < -0.3 is 15.2 Å². The van der Waals surface area contributed by atoms with Gasteiger partial charge in [-0.05, 0) is 49.9 Å². The summed E-state index contributed by atoms with van der Waals surface area (Å²) < 4.78 is 5.74. The van der Waals surface area contributed by atoms with Crippen LogP contribution in [0.5, 0.6) is 5.75 Å². The number of aliphatic hydroxyl groups is 1.